The zero-order valence-corrected chi connectivity index (χ0v) is 13.4. The van der Waals surface area contributed by atoms with Crippen LogP contribution in [0.4, 0.5) is 5.69 Å². The molecule has 0 atom stereocenters. The van der Waals surface area contributed by atoms with Crippen LogP contribution < -0.4 is 9.47 Å². The van der Waals surface area contributed by atoms with Gasteiger partial charge in [-0.05, 0) is 31.2 Å². The minimum Gasteiger partial charge on any atom is -0.493 e. The highest BCUT2D eigenvalue weighted by atomic mass is 16.6. The summed E-state index contributed by atoms with van der Waals surface area (Å²) in [6.07, 6.45) is 0.505. The van der Waals surface area contributed by atoms with Crippen LogP contribution >= 0.6 is 0 Å². The van der Waals surface area contributed by atoms with Crippen molar-refractivity contribution in [3.8, 4) is 11.5 Å². The van der Waals surface area contributed by atoms with Crippen LogP contribution in [0.15, 0.2) is 30.3 Å². The normalized spacial score (nSPS) is 10.1. The van der Waals surface area contributed by atoms with Crippen LogP contribution in [0.5, 0.6) is 11.5 Å². The maximum absolute atomic E-state index is 12.8. The third-order valence-electron chi connectivity index (χ3n) is 3.67. The van der Waals surface area contributed by atoms with E-state index in [0.29, 0.717) is 17.8 Å². The number of carbonyl (C=O) groups excluding carboxylic acids is 2. The van der Waals surface area contributed by atoms with E-state index in [1.54, 1.807) is 6.07 Å². The molecule has 0 saturated carbocycles. The summed E-state index contributed by atoms with van der Waals surface area (Å²) in [5.41, 5.74) is 0.262. The van der Waals surface area contributed by atoms with Crippen molar-refractivity contribution in [2.45, 2.75) is 6.92 Å². The molecule has 0 aliphatic heterocycles. The Morgan fingerprint density at radius 2 is 1.79 bits per heavy atom. The Kier molecular flexibility index (Phi) is 4.93. The summed E-state index contributed by atoms with van der Waals surface area (Å²) in [6.45, 7) is 1.44. The van der Waals surface area contributed by atoms with Crippen molar-refractivity contribution in [1.29, 1.82) is 0 Å². The highest BCUT2D eigenvalue weighted by molar-refractivity contribution is 6.14. The number of ketones is 1. The molecule has 0 aliphatic carbocycles. The van der Waals surface area contributed by atoms with Gasteiger partial charge in [-0.25, -0.2) is 0 Å². The lowest BCUT2D eigenvalue weighted by molar-refractivity contribution is -0.385. The van der Waals surface area contributed by atoms with Gasteiger partial charge in [0, 0.05) is 28.3 Å². The predicted molar refractivity (Wildman–Crippen MR) is 86.2 cm³/mol. The van der Waals surface area contributed by atoms with Crippen molar-refractivity contribution in [3.63, 3.8) is 0 Å². The lowest BCUT2D eigenvalue weighted by Gasteiger charge is -2.11. The first kappa shape index (κ1) is 17.1. The maximum atomic E-state index is 12.8. The van der Waals surface area contributed by atoms with Crippen molar-refractivity contribution < 1.29 is 24.0 Å². The van der Waals surface area contributed by atoms with E-state index in [1.165, 1.54) is 45.4 Å². The quantitative estimate of drug-likeness (QED) is 0.350. The molecule has 24 heavy (non-hydrogen) atoms. The topological polar surface area (TPSA) is 95.7 Å². The zero-order valence-electron chi connectivity index (χ0n) is 13.4. The molecule has 7 nitrogen and oxygen atoms in total. The molecule has 0 aromatic heterocycles. The highest BCUT2D eigenvalue weighted by Crippen LogP contribution is 2.31. The molecule has 124 valence electrons. The molecule has 0 amide bonds. The predicted octanol–water partition coefficient (Wildman–Crippen LogP) is 2.96. The van der Waals surface area contributed by atoms with Crippen LogP contribution in [0.3, 0.4) is 0 Å². The van der Waals surface area contributed by atoms with E-state index in [2.05, 4.69) is 0 Å². The number of hydrogen-bond donors (Lipinski definition) is 0. The van der Waals surface area contributed by atoms with E-state index in [-0.39, 0.29) is 27.9 Å². The fourth-order valence-electron chi connectivity index (χ4n) is 2.44. The van der Waals surface area contributed by atoms with Crippen LogP contribution in [-0.2, 0) is 0 Å². The van der Waals surface area contributed by atoms with Gasteiger partial charge in [0.2, 0.25) is 0 Å². The van der Waals surface area contributed by atoms with Gasteiger partial charge in [-0.15, -0.1) is 0 Å². The fourth-order valence-corrected chi connectivity index (χ4v) is 2.44. The molecule has 0 N–H and O–H groups in total. The summed E-state index contributed by atoms with van der Waals surface area (Å²) in [5.74, 6) is 0.291. The van der Waals surface area contributed by atoms with Crippen molar-refractivity contribution in [2.24, 2.45) is 0 Å². The Bertz CT molecular complexity index is 828. The molecule has 0 radical (unpaired) electrons. The average molecular weight is 329 g/mol. The van der Waals surface area contributed by atoms with Gasteiger partial charge >= 0.3 is 0 Å². The van der Waals surface area contributed by atoms with Gasteiger partial charge in [0.1, 0.15) is 0 Å². The largest absolute Gasteiger partial charge is 0.493 e. The zero-order chi connectivity index (χ0) is 17.9. The van der Waals surface area contributed by atoms with Crippen LogP contribution in [-0.4, -0.2) is 31.2 Å². The van der Waals surface area contributed by atoms with Crippen LogP contribution in [0, 0.1) is 17.0 Å². The Morgan fingerprint density at radius 1 is 1.12 bits per heavy atom. The number of hydrogen-bond acceptors (Lipinski definition) is 6. The number of rotatable bonds is 6. The molecule has 2 rings (SSSR count). The smallest absolute Gasteiger partial charge is 0.273 e. The molecule has 0 spiro atoms. The molecule has 0 unspecified atom stereocenters. The number of ether oxygens (including phenoxy) is 2. The van der Waals surface area contributed by atoms with Gasteiger partial charge in [-0.3, -0.25) is 19.7 Å². The van der Waals surface area contributed by atoms with Crippen LogP contribution in [0.25, 0.3) is 0 Å². The van der Waals surface area contributed by atoms with Crippen molar-refractivity contribution >= 4 is 17.8 Å². The number of aldehydes is 1. The number of nitrogens with zero attached hydrogens (tertiary/aromatic N) is 1. The molecular formula is C17H15NO6. The minimum atomic E-state index is -0.588. The number of carbonyl (C=O) groups is 2. The third kappa shape index (κ3) is 2.96. The third-order valence-corrected chi connectivity index (χ3v) is 3.67. The van der Waals surface area contributed by atoms with E-state index in [0.717, 1.165) is 0 Å². The maximum Gasteiger partial charge on any atom is 0.273 e. The Balaban J connectivity index is 2.63. The Labute approximate surface area is 138 Å². The monoisotopic (exact) mass is 329 g/mol. The highest BCUT2D eigenvalue weighted by Gasteiger charge is 2.23. The van der Waals surface area contributed by atoms with Gasteiger partial charge in [0.25, 0.3) is 5.69 Å². The average Bonchev–Trinajstić information content (AvgIpc) is 2.59. The SMILES string of the molecule is COc1ccc(C(=O)c2c(C=O)ccc([N+](=O)[O-])c2C)cc1OC. The Morgan fingerprint density at radius 3 is 2.33 bits per heavy atom. The van der Waals surface area contributed by atoms with Crippen LogP contribution in [0.1, 0.15) is 31.8 Å². The number of nitro groups is 1. The second-order valence-corrected chi connectivity index (χ2v) is 4.95. The van der Waals surface area contributed by atoms with Gasteiger partial charge in [-0.2, -0.15) is 0 Å². The summed E-state index contributed by atoms with van der Waals surface area (Å²) in [6, 6.07) is 7.01. The summed E-state index contributed by atoms with van der Waals surface area (Å²) >= 11 is 0. The number of methoxy groups -OCH3 is 2. The lowest BCUT2D eigenvalue weighted by atomic mass is 9.93. The van der Waals surface area contributed by atoms with Gasteiger partial charge < -0.3 is 9.47 Å². The molecule has 0 aliphatic rings. The molecule has 7 heteroatoms. The number of nitro benzene ring substituents is 1. The van der Waals surface area contributed by atoms with Gasteiger partial charge in [0.05, 0.1) is 19.1 Å². The van der Waals surface area contributed by atoms with Crippen LogP contribution in [0.2, 0.25) is 0 Å². The second kappa shape index (κ2) is 6.91. The van der Waals surface area contributed by atoms with E-state index >= 15 is 0 Å². The fraction of sp³-hybridized carbons (Fsp3) is 0.176. The molecule has 0 heterocycles. The molecule has 2 aromatic carbocycles. The molecule has 2 aromatic rings. The van der Waals surface area contributed by atoms with E-state index in [4.69, 9.17) is 9.47 Å². The molecule has 0 fully saturated rings. The standard InChI is InChI=1S/C17H15NO6/c1-10-13(18(21)22)6-4-12(9-19)16(10)17(20)11-5-7-14(23-2)15(8-11)24-3/h4-9H,1-3H3. The first-order chi connectivity index (χ1) is 11.4. The summed E-state index contributed by atoms with van der Waals surface area (Å²) in [4.78, 5) is 34.6. The lowest BCUT2D eigenvalue weighted by Crippen LogP contribution is -2.10. The molecule has 0 saturated heterocycles. The summed E-state index contributed by atoms with van der Waals surface area (Å²) in [5, 5.41) is 11.1. The number of benzene rings is 2. The van der Waals surface area contributed by atoms with E-state index < -0.39 is 10.7 Å². The van der Waals surface area contributed by atoms with E-state index in [1.807, 2.05) is 0 Å². The van der Waals surface area contributed by atoms with Crippen molar-refractivity contribution in [2.75, 3.05) is 14.2 Å². The van der Waals surface area contributed by atoms with E-state index in [9.17, 15) is 19.7 Å². The summed E-state index contributed by atoms with van der Waals surface area (Å²) in [7, 11) is 2.90. The van der Waals surface area contributed by atoms with Crippen molar-refractivity contribution in [3.05, 3.63) is 62.7 Å². The molecule has 0 bridgehead atoms. The van der Waals surface area contributed by atoms with Gasteiger partial charge in [0.15, 0.2) is 23.6 Å². The minimum absolute atomic E-state index is 0.00594. The first-order valence-electron chi connectivity index (χ1n) is 6.94. The first-order valence-corrected chi connectivity index (χ1v) is 6.94. The second-order valence-electron chi connectivity index (χ2n) is 4.95. The Hall–Kier alpha value is -3.22. The molecular weight excluding hydrogens is 314 g/mol. The van der Waals surface area contributed by atoms with Crippen molar-refractivity contribution in [1.82, 2.24) is 0 Å². The van der Waals surface area contributed by atoms with Gasteiger partial charge in [-0.1, -0.05) is 0 Å². The summed E-state index contributed by atoms with van der Waals surface area (Å²) < 4.78 is 10.3.